The number of nitrogens with zero attached hydrogens (tertiary/aromatic N) is 2. The molecule has 2 N–H and O–H groups in total. The van der Waals surface area contributed by atoms with Crippen LogP contribution in [0.5, 0.6) is 11.5 Å². The van der Waals surface area contributed by atoms with Gasteiger partial charge in [0.25, 0.3) is 36.6 Å². The molecular formula is C40H18N2O12. The van der Waals surface area contributed by atoms with Crippen molar-refractivity contribution in [2.24, 2.45) is 0 Å². The fourth-order valence-corrected chi connectivity index (χ4v) is 7.66. The fourth-order valence-electron chi connectivity index (χ4n) is 7.66. The maximum atomic E-state index is 14.1. The summed E-state index contributed by atoms with van der Waals surface area (Å²) in [5.41, 5.74) is -0.459. The molecule has 260 valence electrons. The van der Waals surface area contributed by atoms with Crippen LogP contribution in [0.1, 0.15) is 62.1 Å². The quantitative estimate of drug-likeness (QED) is 0.0828. The second-order valence-corrected chi connectivity index (χ2v) is 12.5. The van der Waals surface area contributed by atoms with Gasteiger partial charge in [0, 0.05) is 51.2 Å². The van der Waals surface area contributed by atoms with E-state index in [2.05, 4.69) is 0 Å². The van der Waals surface area contributed by atoms with Crippen molar-refractivity contribution in [2.75, 3.05) is 9.80 Å². The van der Waals surface area contributed by atoms with Gasteiger partial charge in [0.1, 0.15) is 11.5 Å². The van der Waals surface area contributed by atoms with E-state index in [1.807, 2.05) is 0 Å². The second kappa shape index (κ2) is 11.2. The van der Waals surface area contributed by atoms with Crippen LogP contribution in [0, 0.1) is 0 Å². The Morgan fingerprint density at radius 1 is 0.463 bits per heavy atom. The molecule has 54 heavy (non-hydrogen) atoms. The number of carboxylic acids is 2. The zero-order valence-corrected chi connectivity index (χ0v) is 27.1. The molecule has 0 aliphatic carbocycles. The number of carbonyl (C=O) groups excluding carboxylic acids is 6. The van der Waals surface area contributed by atoms with E-state index in [0.717, 1.165) is 28.0 Å². The third-order valence-corrected chi connectivity index (χ3v) is 9.80. The van der Waals surface area contributed by atoms with Crippen LogP contribution in [0.25, 0.3) is 43.1 Å². The minimum Gasteiger partial charge on any atom is -0.478 e. The summed E-state index contributed by atoms with van der Waals surface area (Å²) in [5, 5.41) is 23.6. The first-order valence-corrected chi connectivity index (χ1v) is 16.0. The summed E-state index contributed by atoms with van der Waals surface area (Å²) in [4.78, 5) is 104. The summed E-state index contributed by atoms with van der Waals surface area (Å²) >= 11 is 0. The van der Waals surface area contributed by atoms with Crippen molar-refractivity contribution in [1.29, 1.82) is 0 Å². The molecule has 7 aromatic rings. The molecular weight excluding hydrogens is 700 g/mol. The van der Waals surface area contributed by atoms with Gasteiger partial charge < -0.3 is 19.7 Å². The van der Waals surface area contributed by atoms with E-state index in [-0.39, 0.29) is 58.1 Å². The van der Waals surface area contributed by atoms with Crippen molar-refractivity contribution >= 4 is 103 Å². The Bertz CT molecular complexity index is 2800. The van der Waals surface area contributed by atoms with Crippen LogP contribution < -0.4 is 19.3 Å². The van der Waals surface area contributed by atoms with Crippen molar-refractivity contribution in [1.82, 2.24) is 0 Å². The monoisotopic (exact) mass is 718 g/mol. The largest absolute Gasteiger partial charge is 0.478 e. The lowest BCUT2D eigenvalue weighted by Crippen LogP contribution is -2.40. The maximum absolute atomic E-state index is 14.1. The highest BCUT2D eigenvalue weighted by molar-refractivity contribution is 6.45. The van der Waals surface area contributed by atoms with E-state index in [4.69, 9.17) is 9.47 Å². The Labute approximate surface area is 300 Å². The summed E-state index contributed by atoms with van der Waals surface area (Å²) in [5.74, 6) is -6.00. The summed E-state index contributed by atoms with van der Waals surface area (Å²) < 4.78 is 9.84. The lowest BCUT2D eigenvalue weighted by atomic mass is 9.82. The number of amides is 4. The topological polar surface area (TPSA) is 202 Å². The highest BCUT2D eigenvalue weighted by atomic mass is 16.5. The number of ether oxygens (including phenoxy) is 2. The molecule has 14 nitrogen and oxygen atoms in total. The Balaban J connectivity index is 1.24. The van der Waals surface area contributed by atoms with Crippen molar-refractivity contribution in [3.05, 3.63) is 118 Å². The smallest absolute Gasteiger partial charge is 0.335 e. The third kappa shape index (κ3) is 4.27. The van der Waals surface area contributed by atoms with Gasteiger partial charge >= 0.3 is 11.9 Å². The standard InChI is InChI=1S/C40H18N2O12/c43-15-53-21-12-20(13-22(14-21)54-16-44)42-37(47)29-7-3-25-23-1-5-27-33-28(6-2-24(31(23)33)26-4-8-30(38(42)48)34(29)32(25)26)36(46)41(35(27)45)19-10-17(39(49)50)9-18(11-19)40(51)52/h1-16H,(H,49,50)(H,51,52). The molecule has 0 atom stereocenters. The SMILES string of the molecule is O=COc1cc(OC=O)cc(N2C(=O)c3ccc4c5ccc6c7c(ccc(c8ccc(c3c48)C2=O)c75)C(=O)N(c2cc(C(=O)O)cc(C(=O)O)c2)C6=O)c1. The molecule has 0 saturated heterocycles. The first kappa shape index (κ1) is 31.9. The van der Waals surface area contributed by atoms with Gasteiger partial charge in [-0.1, -0.05) is 24.3 Å². The van der Waals surface area contributed by atoms with Crippen LogP contribution in [0.4, 0.5) is 11.4 Å². The van der Waals surface area contributed by atoms with Gasteiger partial charge in [0.15, 0.2) is 0 Å². The molecule has 0 bridgehead atoms. The molecule has 2 aliphatic heterocycles. The maximum Gasteiger partial charge on any atom is 0.335 e. The van der Waals surface area contributed by atoms with Crippen LogP contribution in [-0.4, -0.2) is 58.7 Å². The van der Waals surface area contributed by atoms with E-state index in [1.54, 1.807) is 36.4 Å². The minimum atomic E-state index is -1.44. The number of carbonyl (C=O) groups is 8. The second-order valence-electron chi connectivity index (χ2n) is 12.5. The first-order valence-electron chi connectivity index (χ1n) is 16.0. The van der Waals surface area contributed by atoms with E-state index in [1.165, 1.54) is 30.3 Å². The Morgan fingerprint density at radius 2 is 0.796 bits per heavy atom. The molecule has 0 unspecified atom stereocenters. The van der Waals surface area contributed by atoms with Crippen LogP contribution in [0.3, 0.4) is 0 Å². The van der Waals surface area contributed by atoms with E-state index in [9.17, 15) is 48.6 Å². The van der Waals surface area contributed by atoms with Gasteiger partial charge in [-0.15, -0.1) is 0 Å². The Kier molecular flexibility index (Phi) is 6.66. The molecule has 0 spiro atoms. The van der Waals surface area contributed by atoms with Crippen molar-refractivity contribution in [3.63, 3.8) is 0 Å². The van der Waals surface area contributed by atoms with Crippen LogP contribution in [0.2, 0.25) is 0 Å². The molecule has 14 heteroatoms. The number of hydrogen-bond donors (Lipinski definition) is 2. The number of benzene rings is 7. The predicted octanol–water partition coefficient (Wildman–Crippen LogP) is 5.81. The first-order chi connectivity index (χ1) is 26.0. The highest BCUT2D eigenvalue weighted by Crippen LogP contribution is 2.47. The van der Waals surface area contributed by atoms with Crippen molar-refractivity contribution in [3.8, 4) is 11.5 Å². The number of aromatic carboxylic acids is 2. The highest BCUT2D eigenvalue weighted by Gasteiger charge is 2.38. The summed E-state index contributed by atoms with van der Waals surface area (Å²) in [6.07, 6.45) is 0. The van der Waals surface area contributed by atoms with Crippen LogP contribution >= 0.6 is 0 Å². The van der Waals surface area contributed by atoms with E-state index >= 15 is 0 Å². The van der Waals surface area contributed by atoms with Crippen molar-refractivity contribution < 1.29 is 58.0 Å². The molecule has 2 aliphatic rings. The van der Waals surface area contributed by atoms with Gasteiger partial charge in [-0.25, -0.2) is 19.4 Å². The molecule has 2 heterocycles. The fraction of sp³-hybridized carbons (Fsp3) is 0. The van der Waals surface area contributed by atoms with Gasteiger partial charge in [-0.05, 0) is 74.8 Å². The zero-order chi connectivity index (χ0) is 37.7. The van der Waals surface area contributed by atoms with Gasteiger partial charge in [0.2, 0.25) is 0 Å². The summed E-state index contributed by atoms with van der Waals surface area (Å²) in [7, 11) is 0. The number of hydrogen-bond acceptors (Lipinski definition) is 10. The minimum absolute atomic E-state index is 0.0119. The average Bonchev–Trinajstić information content (AvgIpc) is 3.15. The molecule has 0 radical (unpaired) electrons. The van der Waals surface area contributed by atoms with E-state index < -0.39 is 46.7 Å². The summed E-state index contributed by atoms with van der Waals surface area (Å²) in [6.45, 7) is 0.292. The molecule has 0 aromatic heterocycles. The lowest BCUT2D eigenvalue weighted by Gasteiger charge is -2.30. The van der Waals surface area contributed by atoms with Gasteiger partial charge in [0.05, 0.1) is 22.5 Å². The molecule has 4 amide bonds. The van der Waals surface area contributed by atoms with E-state index in [0.29, 0.717) is 43.1 Å². The summed E-state index contributed by atoms with van der Waals surface area (Å²) in [6, 6.07) is 19.8. The molecule has 0 saturated carbocycles. The normalized spacial score (nSPS) is 13.7. The third-order valence-electron chi connectivity index (χ3n) is 9.80. The van der Waals surface area contributed by atoms with Gasteiger partial charge in [-0.2, -0.15) is 0 Å². The van der Waals surface area contributed by atoms with Gasteiger partial charge in [-0.3, -0.25) is 28.8 Å². The number of fused-ring (bicyclic) bond motifs is 2. The molecule has 0 fully saturated rings. The number of imide groups is 2. The number of carboxylic acid groups (broad SMARTS) is 2. The zero-order valence-electron chi connectivity index (χ0n) is 27.1. The predicted molar refractivity (Wildman–Crippen MR) is 190 cm³/mol. The Morgan fingerprint density at radius 3 is 1.11 bits per heavy atom. The van der Waals surface area contributed by atoms with Crippen LogP contribution in [0.15, 0.2) is 84.9 Å². The van der Waals surface area contributed by atoms with Crippen molar-refractivity contribution in [2.45, 2.75) is 0 Å². The molecule has 9 rings (SSSR count). The lowest BCUT2D eigenvalue weighted by molar-refractivity contribution is -0.121. The Hall–Kier alpha value is -8.00. The number of anilines is 2. The average molecular weight is 719 g/mol. The molecule has 7 aromatic carbocycles. The number of rotatable bonds is 8. The van der Waals surface area contributed by atoms with Crippen LogP contribution in [-0.2, 0) is 9.59 Å².